The van der Waals surface area contributed by atoms with E-state index in [2.05, 4.69) is 11.9 Å². The number of amides is 1. The number of carbonyl (C=O) groups excluding carboxylic acids is 1. The van der Waals surface area contributed by atoms with Crippen LogP contribution in [0.1, 0.15) is 11.6 Å². The van der Waals surface area contributed by atoms with Crippen molar-refractivity contribution >= 4 is 23.5 Å². The van der Waals surface area contributed by atoms with Crippen LogP contribution in [0.25, 0.3) is 0 Å². The first kappa shape index (κ1) is 12.3. The first-order valence-corrected chi connectivity index (χ1v) is 4.84. The summed E-state index contributed by atoms with van der Waals surface area (Å²) in [5.74, 6) is -1.74. The molecule has 0 aromatic heterocycles. The molecule has 16 heavy (non-hydrogen) atoms. The summed E-state index contributed by atoms with van der Waals surface area (Å²) in [4.78, 5) is 22.1. The van der Waals surface area contributed by atoms with Crippen molar-refractivity contribution in [1.29, 1.82) is 0 Å². The molecule has 0 aliphatic heterocycles. The molecule has 0 saturated carbocycles. The minimum Gasteiger partial charge on any atom is -0.479 e. The van der Waals surface area contributed by atoms with Crippen molar-refractivity contribution in [3.63, 3.8) is 0 Å². The number of halogens is 1. The van der Waals surface area contributed by atoms with Gasteiger partial charge in [-0.25, -0.2) is 4.79 Å². The number of hydrogen-bond acceptors (Lipinski definition) is 2. The summed E-state index contributed by atoms with van der Waals surface area (Å²) >= 11 is 5.85. The van der Waals surface area contributed by atoms with E-state index < -0.39 is 17.9 Å². The van der Waals surface area contributed by atoms with Gasteiger partial charge in [0.25, 0.3) is 0 Å². The van der Waals surface area contributed by atoms with Gasteiger partial charge < -0.3 is 10.4 Å². The van der Waals surface area contributed by atoms with Gasteiger partial charge in [0, 0.05) is 10.6 Å². The molecule has 4 nitrogen and oxygen atoms in total. The van der Waals surface area contributed by atoms with Crippen LogP contribution < -0.4 is 5.32 Å². The van der Waals surface area contributed by atoms with E-state index in [1.165, 1.54) is 0 Å². The van der Waals surface area contributed by atoms with Crippen LogP contribution in [-0.4, -0.2) is 17.0 Å². The number of hydrogen-bond donors (Lipinski definition) is 2. The highest BCUT2D eigenvalue weighted by Crippen LogP contribution is 2.22. The van der Waals surface area contributed by atoms with Crippen LogP contribution in [0.15, 0.2) is 36.9 Å². The third kappa shape index (κ3) is 2.84. The molecule has 1 aromatic rings. The SMILES string of the molecule is C=CC(=O)N[C@@H](C(=O)O)c1ccccc1Cl. The maximum absolute atomic E-state index is 11.1. The molecule has 1 aromatic carbocycles. The molecule has 84 valence electrons. The van der Waals surface area contributed by atoms with Crippen LogP contribution in [0, 0.1) is 0 Å². The predicted octanol–water partition coefficient (Wildman–Crippen LogP) is 1.77. The van der Waals surface area contributed by atoms with Gasteiger partial charge in [-0.3, -0.25) is 4.79 Å². The van der Waals surface area contributed by atoms with Gasteiger partial charge in [0.15, 0.2) is 6.04 Å². The molecule has 5 heteroatoms. The van der Waals surface area contributed by atoms with Crippen molar-refractivity contribution in [3.8, 4) is 0 Å². The third-order valence-corrected chi connectivity index (χ3v) is 2.28. The zero-order valence-electron chi connectivity index (χ0n) is 8.31. The van der Waals surface area contributed by atoms with E-state index in [1.54, 1.807) is 24.3 Å². The molecule has 1 rings (SSSR count). The van der Waals surface area contributed by atoms with Gasteiger partial charge >= 0.3 is 5.97 Å². The molecule has 2 N–H and O–H groups in total. The summed E-state index contributed by atoms with van der Waals surface area (Å²) in [6.45, 7) is 3.25. The summed E-state index contributed by atoms with van der Waals surface area (Å²) in [6.07, 6.45) is 1.01. The average molecular weight is 240 g/mol. The number of rotatable bonds is 4. The average Bonchev–Trinajstić information content (AvgIpc) is 2.26. The Labute approximate surface area is 97.5 Å². The fraction of sp³-hybridized carbons (Fsp3) is 0.0909. The molecule has 0 fully saturated rings. The summed E-state index contributed by atoms with van der Waals surface area (Å²) in [5, 5.41) is 11.6. The highest BCUT2D eigenvalue weighted by atomic mass is 35.5. The van der Waals surface area contributed by atoms with Gasteiger partial charge in [0.05, 0.1) is 0 Å². The largest absolute Gasteiger partial charge is 0.479 e. The smallest absolute Gasteiger partial charge is 0.330 e. The van der Waals surface area contributed by atoms with Gasteiger partial charge in [-0.1, -0.05) is 36.4 Å². The lowest BCUT2D eigenvalue weighted by molar-refractivity contribution is -0.141. The van der Waals surface area contributed by atoms with E-state index in [-0.39, 0.29) is 0 Å². The molecule has 0 spiro atoms. The van der Waals surface area contributed by atoms with Crippen LogP contribution in [0.2, 0.25) is 5.02 Å². The topological polar surface area (TPSA) is 66.4 Å². The summed E-state index contributed by atoms with van der Waals surface area (Å²) in [7, 11) is 0. The second-order valence-corrected chi connectivity index (χ2v) is 3.41. The van der Waals surface area contributed by atoms with Crippen molar-refractivity contribution in [3.05, 3.63) is 47.5 Å². The second-order valence-electron chi connectivity index (χ2n) is 3.01. The molecule has 0 aliphatic rings. The molecule has 1 amide bonds. The van der Waals surface area contributed by atoms with E-state index in [1.807, 2.05) is 0 Å². The maximum atomic E-state index is 11.1. The van der Waals surface area contributed by atoms with Gasteiger partial charge in [-0.05, 0) is 12.1 Å². The zero-order valence-corrected chi connectivity index (χ0v) is 9.07. The Balaban J connectivity index is 3.03. The van der Waals surface area contributed by atoms with E-state index in [9.17, 15) is 9.59 Å². The highest BCUT2D eigenvalue weighted by Gasteiger charge is 2.22. The van der Waals surface area contributed by atoms with Gasteiger partial charge in [-0.2, -0.15) is 0 Å². The minimum absolute atomic E-state index is 0.291. The lowest BCUT2D eigenvalue weighted by Crippen LogP contribution is -2.32. The Kier molecular flexibility index (Phi) is 4.08. The van der Waals surface area contributed by atoms with Crippen molar-refractivity contribution in [2.45, 2.75) is 6.04 Å². The first-order valence-electron chi connectivity index (χ1n) is 4.46. The minimum atomic E-state index is -1.18. The number of carbonyl (C=O) groups is 2. The Hall–Kier alpha value is -1.81. The molecule has 0 radical (unpaired) electrons. The standard InChI is InChI=1S/C11H10ClNO3/c1-2-9(14)13-10(11(15)16)7-5-3-4-6-8(7)12/h2-6,10H,1H2,(H,13,14)(H,15,16)/t10-/m1/s1. The Bertz CT molecular complexity index is 431. The number of carboxylic acids is 1. The lowest BCUT2D eigenvalue weighted by atomic mass is 10.1. The van der Waals surface area contributed by atoms with Crippen molar-refractivity contribution in [2.75, 3.05) is 0 Å². The second kappa shape index (κ2) is 5.32. The zero-order chi connectivity index (χ0) is 12.1. The van der Waals surface area contributed by atoms with E-state index >= 15 is 0 Å². The third-order valence-electron chi connectivity index (χ3n) is 1.94. The molecule has 1 atom stereocenters. The van der Waals surface area contributed by atoms with Crippen molar-refractivity contribution < 1.29 is 14.7 Å². The number of aliphatic carboxylic acids is 1. The van der Waals surface area contributed by atoms with E-state index in [0.717, 1.165) is 6.08 Å². The molecular formula is C11H10ClNO3. The molecule has 0 unspecified atom stereocenters. The molecule has 0 aliphatic carbocycles. The van der Waals surface area contributed by atoms with Crippen LogP contribution in [-0.2, 0) is 9.59 Å². The van der Waals surface area contributed by atoms with Crippen molar-refractivity contribution in [1.82, 2.24) is 5.32 Å². The van der Waals surface area contributed by atoms with Crippen LogP contribution in [0.5, 0.6) is 0 Å². The molecule has 0 heterocycles. The fourth-order valence-corrected chi connectivity index (χ4v) is 1.43. The first-order chi connectivity index (χ1) is 7.56. The van der Waals surface area contributed by atoms with Crippen molar-refractivity contribution in [2.24, 2.45) is 0 Å². The monoisotopic (exact) mass is 239 g/mol. The Morgan fingerprint density at radius 3 is 2.56 bits per heavy atom. The molecule has 0 saturated heterocycles. The lowest BCUT2D eigenvalue weighted by Gasteiger charge is -2.14. The Morgan fingerprint density at radius 1 is 1.44 bits per heavy atom. The van der Waals surface area contributed by atoms with Gasteiger partial charge in [0.1, 0.15) is 0 Å². The maximum Gasteiger partial charge on any atom is 0.330 e. The quantitative estimate of drug-likeness (QED) is 0.787. The predicted molar refractivity (Wildman–Crippen MR) is 60.2 cm³/mol. The summed E-state index contributed by atoms with van der Waals surface area (Å²) < 4.78 is 0. The molecular weight excluding hydrogens is 230 g/mol. The normalized spacial score (nSPS) is 11.6. The van der Waals surface area contributed by atoms with Gasteiger partial charge in [-0.15, -0.1) is 0 Å². The summed E-state index contributed by atoms with van der Waals surface area (Å²) in [6, 6.07) is 5.27. The van der Waals surface area contributed by atoms with E-state index in [4.69, 9.17) is 16.7 Å². The van der Waals surface area contributed by atoms with Gasteiger partial charge in [0.2, 0.25) is 5.91 Å². The van der Waals surface area contributed by atoms with Crippen LogP contribution >= 0.6 is 11.6 Å². The summed E-state index contributed by atoms with van der Waals surface area (Å²) in [5.41, 5.74) is 0.340. The number of carboxylic acid groups (broad SMARTS) is 1. The molecule has 0 bridgehead atoms. The van der Waals surface area contributed by atoms with E-state index in [0.29, 0.717) is 10.6 Å². The number of benzene rings is 1. The fourth-order valence-electron chi connectivity index (χ4n) is 1.18. The van der Waals surface area contributed by atoms with Crippen LogP contribution in [0.4, 0.5) is 0 Å². The van der Waals surface area contributed by atoms with Crippen LogP contribution in [0.3, 0.4) is 0 Å². The Morgan fingerprint density at radius 2 is 2.06 bits per heavy atom. The highest BCUT2D eigenvalue weighted by molar-refractivity contribution is 6.31. The number of nitrogens with one attached hydrogen (secondary N) is 1.